The van der Waals surface area contributed by atoms with Crippen LogP contribution in [-0.2, 0) is 6.42 Å². The fourth-order valence-corrected chi connectivity index (χ4v) is 6.58. The van der Waals surface area contributed by atoms with Crippen molar-refractivity contribution in [3.63, 3.8) is 0 Å². The third kappa shape index (κ3) is 7.03. The molecule has 0 atom stereocenters. The normalized spacial score (nSPS) is 20.4. The molecule has 3 fully saturated rings. The lowest BCUT2D eigenvalue weighted by atomic mass is 9.97. The molecule has 1 N–H and O–H groups in total. The smallest absolute Gasteiger partial charge is 0.129 e. The van der Waals surface area contributed by atoms with Gasteiger partial charge >= 0.3 is 0 Å². The minimum absolute atomic E-state index is 0.871. The second kappa shape index (κ2) is 12.8. The topological polar surface area (TPSA) is 34.6 Å². The lowest BCUT2D eigenvalue weighted by molar-refractivity contribution is 0.196. The van der Waals surface area contributed by atoms with Gasteiger partial charge < -0.3 is 15.1 Å². The SMILES string of the molecule is Cc1cc(N2CCN(CC3CCNCC3)CC2)nc2ccc(CC(=S)CCCCN3CCCC3)cc12. The number of anilines is 1. The highest BCUT2D eigenvalue weighted by Crippen LogP contribution is 2.25. The minimum atomic E-state index is 0.871. The summed E-state index contributed by atoms with van der Waals surface area (Å²) in [6.45, 7) is 14.2. The second-order valence-electron chi connectivity index (χ2n) is 11.4. The quantitative estimate of drug-likeness (QED) is 0.366. The Kier molecular flexibility index (Phi) is 9.23. The molecule has 36 heavy (non-hydrogen) atoms. The number of aryl methyl sites for hydroxylation is 1. The van der Waals surface area contributed by atoms with Crippen LogP contribution in [0.2, 0.25) is 0 Å². The first-order valence-corrected chi connectivity index (χ1v) is 14.9. The molecule has 6 heteroatoms. The highest BCUT2D eigenvalue weighted by Gasteiger charge is 2.22. The van der Waals surface area contributed by atoms with Crippen LogP contribution in [0.25, 0.3) is 10.9 Å². The summed E-state index contributed by atoms with van der Waals surface area (Å²) in [7, 11) is 0. The van der Waals surface area contributed by atoms with E-state index in [2.05, 4.69) is 51.2 Å². The van der Waals surface area contributed by atoms with E-state index in [4.69, 9.17) is 17.2 Å². The highest BCUT2D eigenvalue weighted by molar-refractivity contribution is 7.80. The van der Waals surface area contributed by atoms with Gasteiger partial charge in [0.15, 0.2) is 0 Å². The Bertz CT molecular complexity index is 1000. The zero-order chi connectivity index (χ0) is 24.7. The molecule has 0 saturated carbocycles. The Morgan fingerprint density at radius 2 is 1.75 bits per heavy atom. The van der Waals surface area contributed by atoms with Gasteiger partial charge in [0.1, 0.15) is 5.82 Å². The number of nitrogens with one attached hydrogen (secondary N) is 1. The number of fused-ring (bicyclic) bond motifs is 1. The first-order chi connectivity index (χ1) is 17.6. The molecule has 3 aliphatic rings. The summed E-state index contributed by atoms with van der Waals surface area (Å²) in [6.07, 6.45) is 9.90. The van der Waals surface area contributed by atoms with Crippen LogP contribution in [0.1, 0.15) is 56.1 Å². The van der Waals surface area contributed by atoms with Crippen molar-refractivity contribution in [2.75, 3.05) is 70.3 Å². The zero-order valence-corrected chi connectivity index (χ0v) is 23.1. The number of aromatic nitrogens is 1. The number of thiocarbonyl (C=S) groups is 1. The Hall–Kier alpha value is -1.60. The summed E-state index contributed by atoms with van der Waals surface area (Å²) in [4.78, 5) is 14.0. The molecular weight excluding hydrogens is 462 g/mol. The van der Waals surface area contributed by atoms with E-state index in [0.29, 0.717) is 0 Å². The van der Waals surface area contributed by atoms with Gasteiger partial charge in [-0.25, -0.2) is 4.98 Å². The maximum atomic E-state index is 5.76. The lowest BCUT2D eigenvalue weighted by Crippen LogP contribution is -2.48. The van der Waals surface area contributed by atoms with E-state index in [1.807, 2.05) is 0 Å². The monoisotopic (exact) mass is 507 g/mol. The number of benzene rings is 1. The summed E-state index contributed by atoms with van der Waals surface area (Å²) < 4.78 is 0. The number of unbranched alkanes of at least 4 members (excludes halogenated alkanes) is 1. The molecule has 5 nitrogen and oxygen atoms in total. The van der Waals surface area contributed by atoms with E-state index in [1.165, 1.54) is 99.2 Å². The van der Waals surface area contributed by atoms with Crippen LogP contribution in [0.4, 0.5) is 5.82 Å². The van der Waals surface area contributed by atoms with Crippen LogP contribution in [0.15, 0.2) is 24.3 Å². The highest BCUT2D eigenvalue weighted by atomic mass is 32.1. The average Bonchev–Trinajstić information content (AvgIpc) is 3.42. The van der Waals surface area contributed by atoms with Gasteiger partial charge in [0.2, 0.25) is 0 Å². The number of hydrogen-bond acceptors (Lipinski definition) is 6. The predicted octanol–water partition coefficient (Wildman–Crippen LogP) is 4.84. The van der Waals surface area contributed by atoms with Crippen molar-refractivity contribution in [2.24, 2.45) is 5.92 Å². The zero-order valence-electron chi connectivity index (χ0n) is 22.3. The van der Waals surface area contributed by atoms with Gasteiger partial charge in [-0.15, -0.1) is 0 Å². The van der Waals surface area contributed by atoms with Crippen LogP contribution >= 0.6 is 12.2 Å². The fourth-order valence-electron chi connectivity index (χ4n) is 6.26. The summed E-state index contributed by atoms with van der Waals surface area (Å²) in [5, 5.41) is 4.76. The number of likely N-dealkylation sites (tertiary alicyclic amines) is 1. The van der Waals surface area contributed by atoms with Crippen molar-refractivity contribution in [1.29, 1.82) is 0 Å². The fraction of sp³-hybridized carbons (Fsp3) is 0.667. The molecule has 0 aliphatic carbocycles. The minimum Gasteiger partial charge on any atom is -0.354 e. The van der Waals surface area contributed by atoms with E-state index in [9.17, 15) is 0 Å². The molecule has 0 amide bonds. The Morgan fingerprint density at radius 1 is 0.972 bits per heavy atom. The Balaban J connectivity index is 1.12. The molecule has 5 rings (SSSR count). The number of piperidine rings is 1. The lowest BCUT2D eigenvalue weighted by Gasteiger charge is -2.38. The van der Waals surface area contributed by atoms with Gasteiger partial charge in [-0.2, -0.15) is 0 Å². The van der Waals surface area contributed by atoms with E-state index in [0.717, 1.165) is 56.3 Å². The van der Waals surface area contributed by atoms with Gasteiger partial charge in [0.05, 0.1) is 5.52 Å². The molecular formula is C30H45N5S. The summed E-state index contributed by atoms with van der Waals surface area (Å²) in [6, 6.07) is 9.08. The maximum Gasteiger partial charge on any atom is 0.129 e. The predicted molar refractivity (Wildman–Crippen MR) is 157 cm³/mol. The number of hydrogen-bond donors (Lipinski definition) is 1. The molecule has 3 saturated heterocycles. The van der Waals surface area contributed by atoms with E-state index in [-0.39, 0.29) is 0 Å². The first kappa shape index (κ1) is 26.0. The van der Waals surface area contributed by atoms with Crippen LogP contribution in [0.3, 0.4) is 0 Å². The van der Waals surface area contributed by atoms with Crippen LogP contribution in [-0.4, -0.2) is 85.1 Å². The van der Waals surface area contributed by atoms with Gasteiger partial charge in [-0.05, 0) is 125 Å². The number of nitrogens with zero attached hydrogens (tertiary/aromatic N) is 4. The molecule has 1 aromatic carbocycles. The third-order valence-electron chi connectivity index (χ3n) is 8.52. The van der Waals surface area contributed by atoms with Gasteiger partial charge in [0, 0.05) is 44.5 Å². The van der Waals surface area contributed by atoms with Crippen molar-refractivity contribution >= 4 is 33.8 Å². The molecule has 0 spiro atoms. The molecule has 0 radical (unpaired) electrons. The number of rotatable bonds is 10. The van der Waals surface area contributed by atoms with Gasteiger partial charge in [-0.1, -0.05) is 18.3 Å². The maximum absolute atomic E-state index is 5.76. The first-order valence-electron chi connectivity index (χ1n) is 14.5. The second-order valence-corrected chi connectivity index (χ2v) is 11.9. The van der Waals surface area contributed by atoms with Crippen molar-refractivity contribution in [3.8, 4) is 0 Å². The van der Waals surface area contributed by atoms with Crippen molar-refractivity contribution in [1.82, 2.24) is 20.1 Å². The van der Waals surface area contributed by atoms with Crippen LogP contribution in [0.5, 0.6) is 0 Å². The molecule has 196 valence electrons. The number of pyridine rings is 1. The third-order valence-corrected chi connectivity index (χ3v) is 8.87. The molecule has 3 aliphatic heterocycles. The Morgan fingerprint density at radius 3 is 2.53 bits per heavy atom. The van der Waals surface area contributed by atoms with E-state index in [1.54, 1.807) is 0 Å². The largest absolute Gasteiger partial charge is 0.354 e. The van der Waals surface area contributed by atoms with E-state index < -0.39 is 0 Å². The van der Waals surface area contributed by atoms with Gasteiger partial charge in [-0.3, -0.25) is 4.90 Å². The summed E-state index contributed by atoms with van der Waals surface area (Å²) >= 11 is 5.76. The average molecular weight is 508 g/mol. The Labute approximate surface area is 223 Å². The molecule has 1 aromatic heterocycles. The van der Waals surface area contributed by atoms with E-state index >= 15 is 0 Å². The molecule has 2 aromatic rings. The molecule has 0 unspecified atom stereocenters. The number of piperazine rings is 1. The summed E-state index contributed by atoms with van der Waals surface area (Å²) in [5.41, 5.74) is 3.77. The van der Waals surface area contributed by atoms with Crippen molar-refractivity contribution < 1.29 is 0 Å². The van der Waals surface area contributed by atoms with Gasteiger partial charge in [0.25, 0.3) is 0 Å². The summed E-state index contributed by atoms with van der Waals surface area (Å²) in [5.74, 6) is 2.01. The molecule has 0 bridgehead atoms. The molecule has 4 heterocycles. The standard InChI is InChI=1S/C30H45N5S/c1-24-20-30(35-18-16-34(17-19-35)23-25-9-11-31-12-10-25)32-29-8-7-26(22-28(24)29)21-27(36)6-2-3-13-33-14-4-5-15-33/h7-8,20,22,25,31H,2-6,9-19,21,23H2,1H3. The van der Waals surface area contributed by atoms with Crippen molar-refractivity contribution in [2.45, 2.75) is 58.3 Å². The van der Waals surface area contributed by atoms with Crippen molar-refractivity contribution in [3.05, 3.63) is 35.4 Å². The van der Waals surface area contributed by atoms with Crippen LogP contribution < -0.4 is 10.2 Å². The van der Waals surface area contributed by atoms with Crippen LogP contribution in [0, 0.1) is 12.8 Å².